The summed E-state index contributed by atoms with van der Waals surface area (Å²) >= 11 is 3.59. The Labute approximate surface area is 195 Å². The number of nitrogens with zero attached hydrogens (tertiary/aromatic N) is 2. The zero-order chi connectivity index (χ0) is 21.9. The van der Waals surface area contributed by atoms with Crippen molar-refractivity contribution in [3.05, 3.63) is 84.1 Å². The molecule has 0 aliphatic carbocycles. The molecule has 4 aromatic heterocycles. The Bertz CT molecular complexity index is 1620. The summed E-state index contributed by atoms with van der Waals surface area (Å²) in [6.45, 7) is 6.85. The highest BCUT2D eigenvalue weighted by atomic mass is 32.1. The summed E-state index contributed by atoms with van der Waals surface area (Å²) in [6.07, 6.45) is 5.87. The van der Waals surface area contributed by atoms with Crippen molar-refractivity contribution in [2.75, 3.05) is 0 Å². The lowest BCUT2D eigenvalue weighted by Gasteiger charge is -2.22. The van der Waals surface area contributed by atoms with Crippen molar-refractivity contribution >= 4 is 53.6 Å². The normalized spacial score (nSPS) is 12.2. The van der Waals surface area contributed by atoms with Gasteiger partial charge in [0.05, 0.1) is 10.4 Å². The smallest absolute Gasteiger partial charge is 0.0880 e. The maximum absolute atomic E-state index is 4.86. The monoisotopic (exact) mass is 450 g/mol. The summed E-state index contributed by atoms with van der Waals surface area (Å²) in [5, 5.41) is 7.15. The minimum Gasteiger partial charge on any atom is -0.263 e. The van der Waals surface area contributed by atoms with Crippen molar-refractivity contribution in [1.29, 1.82) is 0 Å². The van der Waals surface area contributed by atoms with E-state index in [9.17, 15) is 0 Å². The quantitative estimate of drug-likeness (QED) is 0.264. The van der Waals surface area contributed by atoms with Crippen LogP contribution < -0.4 is 0 Å². The Morgan fingerprint density at radius 2 is 1.69 bits per heavy atom. The molecule has 0 N–H and O–H groups in total. The van der Waals surface area contributed by atoms with E-state index in [2.05, 4.69) is 85.7 Å². The Hall–Kier alpha value is -3.08. The Morgan fingerprint density at radius 3 is 2.56 bits per heavy atom. The zero-order valence-electron chi connectivity index (χ0n) is 18.2. The van der Waals surface area contributed by atoms with Gasteiger partial charge in [0, 0.05) is 44.7 Å². The number of thiophene rings is 2. The topological polar surface area (TPSA) is 25.8 Å². The molecular formula is C28H22N2S2. The molecular weight excluding hydrogens is 428 g/mol. The molecule has 156 valence electrons. The van der Waals surface area contributed by atoms with E-state index in [-0.39, 0.29) is 5.41 Å². The highest BCUT2D eigenvalue weighted by molar-refractivity contribution is 7.23. The van der Waals surface area contributed by atoms with Gasteiger partial charge in [-0.2, -0.15) is 0 Å². The maximum atomic E-state index is 4.86. The third-order valence-corrected chi connectivity index (χ3v) is 8.15. The van der Waals surface area contributed by atoms with E-state index in [1.165, 1.54) is 52.5 Å². The Kier molecular flexibility index (Phi) is 4.42. The second kappa shape index (κ2) is 7.22. The molecule has 0 bridgehead atoms. The fourth-order valence-corrected chi connectivity index (χ4v) is 6.58. The van der Waals surface area contributed by atoms with Gasteiger partial charge in [0.15, 0.2) is 0 Å². The van der Waals surface area contributed by atoms with Gasteiger partial charge in [0.1, 0.15) is 0 Å². The third kappa shape index (κ3) is 3.14. The van der Waals surface area contributed by atoms with Crippen LogP contribution in [0.2, 0.25) is 0 Å². The number of pyridine rings is 2. The van der Waals surface area contributed by atoms with Gasteiger partial charge in [-0.15, -0.1) is 22.7 Å². The first-order valence-corrected chi connectivity index (χ1v) is 12.4. The van der Waals surface area contributed by atoms with Crippen LogP contribution in [0.4, 0.5) is 0 Å². The van der Waals surface area contributed by atoms with E-state index in [4.69, 9.17) is 4.98 Å². The number of aromatic nitrogens is 2. The molecule has 0 saturated carbocycles. The SMILES string of the molecule is CC(C)(C)c1cc(-c2nccc3cc(-c4cncc5ccsc45)sc23)cc2ccccc12. The molecule has 6 aromatic rings. The molecule has 6 rings (SSSR count). The number of rotatable bonds is 2. The number of hydrogen-bond donors (Lipinski definition) is 0. The molecule has 0 atom stereocenters. The summed E-state index contributed by atoms with van der Waals surface area (Å²) in [7, 11) is 0. The minimum absolute atomic E-state index is 0.0462. The van der Waals surface area contributed by atoms with Crippen LogP contribution in [-0.2, 0) is 5.41 Å². The number of benzene rings is 2. The molecule has 0 radical (unpaired) electrons. The van der Waals surface area contributed by atoms with Crippen LogP contribution in [0.15, 0.2) is 78.6 Å². The van der Waals surface area contributed by atoms with Crippen molar-refractivity contribution in [2.45, 2.75) is 26.2 Å². The molecule has 4 heterocycles. The lowest BCUT2D eigenvalue weighted by atomic mass is 9.82. The van der Waals surface area contributed by atoms with Gasteiger partial charge in [0.2, 0.25) is 0 Å². The molecule has 0 unspecified atom stereocenters. The molecule has 0 amide bonds. The van der Waals surface area contributed by atoms with Crippen molar-refractivity contribution in [3.63, 3.8) is 0 Å². The average Bonchev–Trinajstić information content (AvgIpc) is 3.44. The molecule has 0 spiro atoms. The number of fused-ring (bicyclic) bond motifs is 3. The molecule has 32 heavy (non-hydrogen) atoms. The first-order chi connectivity index (χ1) is 15.5. The molecule has 2 nitrogen and oxygen atoms in total. The molecule has 0 aliphatic heterocycles. The highest BCUT2D eigenvalue weighted by Crippen LogP contribution is 2.42. The summed E-state index contributed by atoms with van der Waals surface area (Å²) in [5.74, 6) is 0. The molecule has 0 saturated heterocycles. The molecule has 0 aliphatic rings. The van der Waals surface area contributed by atoms with Gasteiger partial charge in [-0.25, -0.2) is 0 Å². The van der Waals surface area contributed by atoms with Crippen LogP contribution in [0.1, 0.15) is 26.3 Å². The Morgan fingerprint density at radius 1 is 0.812 bits per heavy atom. The zero-order valence-corrected chi connectivity index (χ0v) is 19.8. The Balaban J connectivity index is 1.60. The summed E-state index contributed by atoms with van der Waals surface area (Å²) in [5.41, 5.74) is 4.85. The van der Waals surface area contributed by atoms with Crippen LogP contribution >= 0.6 is 22.7 Å². The van der Waals surface area contributed by atoms with Crippen LogP contribution in [0.3, 0.4) is 0 Å². The lowest BCUT2D eigenvalue weighted by molar-refractivity contribution is 0.596. The van der Waals surface area contributed by atoms with Crippen molar-refractivity contribution in [1.82, 2.24) is 9.97 Å². The van der Waals surface area contributed by atoms with E-state index in [0.717, 1.165) is 5.69 Å². The predicted octanol–water partition coefficient (Wildman–Crippen LogP) is 8.69. The standard InChI is InChI=1S/C28H22N2S2/c1-28(2,3)23-13-20(12-17-6-4-5-7-21(17)23)25-27-18(8-10-30-25)14-24(32-27)22-16-29-15-19-9-11-31-26(19)22/h4-16H,1-3H3. The van der Waals surface area contributed by atoms with Crippen LogP contribution in [0, 0.1) is 0 Å². The van der Waals surface area contributed by atoms with Crippen molar-refractivity contribution in [2.24, 2.45) is 0 Å². The van der Waals surface area contributed by atoms with Gasteiger partial charge < -0.3 is 0 Å². The second-order valence-electron chi connectivity index (χ2n) is 9.21. The van der Waals surface area contributed by atoms with E-state index < -0.39 is 0 Å². The molecule has 4 heteroatoms. The van der Waals surface area contributed by atoms with Crippen LogP contribution in [-0.4, -0.2) is 9.97 Å². The fraction of sp³-hybridized carbons (Fsp3) is 0.143. The summed E-state index contributed by atoms with van der Waals surface area (Å²) in [6, 6.07) is 19.8. The molecule has 2 aromatic carbocycles. The first kappa shape index (κ1) is 19.6. The largest absolute Gasteiger partial charge is 0.263 e. The van der Waals surface area contributed by atoms with Gasteiger partial charge in [-0.05, 0) is 62.8 Å². The van der Waals surface area contributed by atoms with Crippen molar-refractivity contribution < 1.29 is 0 Å². The lowest BCUT2D eigenvalue weighted by Crippen LogP contribution is -2.12. The summed E-state index contributed by atoms with van der Waals surface area (Å²) < 4.78 is 2.52. The first-order valence-electron chi connectivity index (χ1n) is 10.7. The van der Waals surface area contributed by atoms with E-state index in [1.807, 2.05) is 29.9 Å². The molecule has 0 fully saturated rings. The minimum atomic E-state index is 0.0462. The van der Waals surface area contributed by atoms with E-state index >= 15 is 0 Å². The fourth-order valence-electron chi connectivity index (χ4n) is 4.44. The summed E-state index contributed by atoms with van der Waals surface area (Å²) in [4.78, 5) is 10.6. The van der Waals surface area contributed by atoms with Crippen LogP contribution in [0.25, 0.3) is 52.6 Å². The number of hydrogen-bond acceptors (Lipinski definition) is 4. The van der Waals surface area contributed by atoms with Crippen LogP contribution in [0.5, 0.6) is 0 Å². The predicted molar refractivity (Wildman–Crippen MR) is 140 cm³/mol. The van der Waals surface area contributed by atoms with Gasteiger partial charge >= 0.3 is 0 Å². The second-order valence-corrected chi connectivity index (χ2v) is 11.2. The van der Waals surface area contributed by atoms with E-state index in [1.54, 1.807) is 11.3 Å². The highest BCUT2D eigenvalue weighted by Gasteiger charge is 2.20. The van der Waals surface area contributed by atoms with E-state index in [0.29, 0.717) is 0 Å². The van der Waals surface area contributed by atoms with Gasteiger partial charge in [-0.1, -0.05) is 45.0 Å². The average molecular weight is 451 g/mol. The van der Waals surface area contributed by atoms with Gasteiger partial charge in [0.25, 0.3) is 0 Å². The third-order valence-electron chi connectivity index (χ3n) is 6.00. The maximum Gasteiger partial charge on any atom is 0.0880 e. The van der Waals surface area contributed by atoms with Crippen molar-refractivity contribution in [3.8, 4) is 21.7 Å². The van der Waals surface area contributed by atoms with Gasteiger partial charge in [-0.3, -0.25) is 9.97 Å².